The van der Waals surface area contributed by atoms with Crippen LogP contribution < -0.4 is 0 Å². The van der Waals surface area contributed by atoms with Crippen LogP contribution in [-0.2, 0) is 28.6 Å². The molecule has 0 aliphatic carbocycles. The van der Waals surface area contributed by atoms with E-state index in [2.05, 4.69) is 57.2 Å². The van der Waals surface area contributed by atoms with Crippen LogP contribution in [0.25, 0.3) is 0 Å². The number of carbonyl (C=O) groups is 3. The maximum atomic E-state index is 12.9. The lowest BCUT2D eigenvalue weighted by atomic mass is 9.88. The molecule has 0 radical (unpaired) electrons. The van der Waals surface area contributed by atoms with Crippen molar-refractivity contribution in [2.24, 2.45) is 5.41 Å². The molecular formula is C60H110O6. The molecule has 6 heteroatoms. The van der Waals surface area contributed by atoms with Crippen LogP contribution in [0.3, 0.4) is 0 Å². The molecular weight excluding hydrogens is 817 g/mol. The van der Waals surface area contributed by atoms with Crippen molar-refractivity contribution in [1.29, 1.82) is 0 Å². The van der Waals surface area contributed by atoms with Crippen LogP contribution in [0.5, 0.6) is 0 Å². The number of hydrogen-bond acceptors (Lipinski definition) is 6. The number of unbranched alkanes of at least 4 members (excludes halogenated alkanes) is 33. The molecule has 0 saturated carbocycles. The summed E-state index contributed by atoms with van der Waals surface area (Å²) in [5.74, 6) is -0.695. The van der Waals surface area contributed by atoms with Gasteiger partial charge in [-0.05, 0) is 103 Å². The van der Waals surface area contributed by atoms with Gasteiger partial charge in [-0.15, -0.1) is 0 Å². The number of carbonyl (C=O) groups excluding carboxylic acids is 3. The normalized spacial score (nSPS) is 12.7. The summed E-state index contributed by atoms with van der Waals surface area (Å²) in [5.41, 5.74) is -0.755. The molecule has 0 fully saturated rings. The molecule has 0 aromatic carbocycles. The van der Waals surface area contributed by atoms with E-state index in [1.165, 1.54) is 173 Å². The van der Waals surface area contributed by atoms with E-state index in [1.54, 1.807) is 0 Å². The van der Waals surface area contributed by atoms with Gasteiger partial charge in [0.1, 0.15) is 19.8 Å². The summed E-state index contributed by atoms with van der Waals surface area (Å²) in [7, 11) is 0. The highest BCUT2D eigenvalue weighted by Gasteiger charge is 2.34. The van der Waals surface area contributed by atoms with Gasteiger partial charge in [-0.2, -0.15) is 0 Å². The van der Waals surface area contributed by atoms with E-state index in [0.717, 1.165) is 77.0 Å². The zero-order valence-corrected chi connectivity index (χ0v) is 44.4. The largest absolute Gasteiger partial charge is 0.465 e. The van der Waals surface area contributed by atoms with E-state index in [4.69, 9.17) is 14.2 Å². The molecule has 0 heterocycles. The van der Waals surface area contributed by atoms with Crippen LogP contribution in [0, 0.1) is 5.41 Å². The average Bonchev–Trinajstić information content (AvgIpc) is 3.32. The predicted molar refractivity (Wildman–Crippen MR) is 284 cm³/mol. The lowest BCUT2D eigenvalue weighted by Gasteiger charge is -2.31. The molecule has 0 amide bonds. The Balaban J connectivity index is 4.62. The van der Waals surface area contributed by atoms with Crippen LogP contribution in [0.2, 0.25) is 0 Å². The van der Waals surface area contributed by atoms with Crippen molar-refractivity contribution >= 4 is 17.9 Å². The molecule has 0 unspecified atom stereocenters. The van der Waals surface area contributed by atoms with Gasteiger partial charge in [0, 0.05) is 19.3 Å². The molecule has 0 saturated heterocycles. The Morgan fingerprint density at radius 2 is 0.485 bits per heavy atom. The van der Waals surface area contributed by atoms with E-state index in [-0.39, 0.29) is 37.7 Å². The van der Waals surface area contributed by atoms with Crippen molar-refractivity contribution in [3.63, 3.8) is 0 Å². The fraction of sp³-hybridized carbons (Fsp3) is 0.850. The predicted octanol–water partition coefficient (Wildman–Crippen LogP) is 19.1. The van der Waals surface area contributed by atoms with Crippen LogP contribution >= 0.6 is 0 Å². The van der Waals surface area contributed by atoms with Crippen molar-refractivity contribution in [3.8, 4) is 0 Å². The first-order valence-electron chi connectivity index (χ1n) is 28.8. The Morgan fingerprint density at radius 1 is 0.288 bits per heavy atom. The number of rotatable bonds is 52. The highest BCUT2D eigenvalue weighted by atomic mass is 16.6. The maximum Gasteiger partial charge on any atom is 0.305 e. The first-order chi connectivity index (χ1) is 32.4. The van der Waals surface area contributed by atoms with Gasteiger partial charge in [0.2, 0.25) is 0 Å². The maximum absolute atomic E-state index is 12.9. The average molecular weight is 928 g/mol. The highest BCUT2D eigenvalue weighted by molar-refractivity contribution is 5.70. The monoisotopic (exact) mass is 927 g/mol. The molecule has 0 aliphatic rings. The van der Waals surface area contributed by atoms with Crippen molar-refractivity contribution < 1.29 is 28.6 Å². The van der Waals surface area contributed by atoms with Crippen LogP contribution in [0.4, 0.5) is 0 Å². The summed E-state index contributed by atoms with van der Waals surface area (Å²) < 4.78 is 17.5. The topological polar surface area (TPSA) is 78.9 Å². The molecule has 0 bridgehead atoms. The Morgan fingerprint density at radius 3 is 0.697 bits per heavy atom. The van der Waals surface area contributed by atoms with Gasteiger partial charge in [-0.3, -0.25) is 14.4 Å². The first-order valence-corrected chi connectivity index (χ1v) is 28.8. The molecule has 0 aliphatic heterocycles. The minimum Gasteiger partial charge on any atom is -0.465 e. The second kappa shape index (κ2) is 52.0. The minimum absolute atomic E-state index is 0.0782. The summed E-state index contributed by atoms with van der Waals surface area (Å²) in [5, 5.41) is 0. The van der Waals surface area contributed by atoms with Gasteiger partial charge < -0.3 is 14.2 Å². The molecule has 0 aromatic rings. The number of esters is 3. The van der Waals surface area contributed by atoms with Gasteiger partial charge >= 0.3 is 17.9 Å². The molecule has 66 heavy (non-hydrogen) atoms. The zero-order valence-electron chi connectivity index (χ0n) is 44.4. The van der Waals surface area contributed by atoms with E-state index in [0.29, 0.717) is 25.7 Å². The SMILES string of the molecule is CCCCCCCCC=CCCCCCCCC(=O)OCC(CC)(COC(=O)CCCCCCCC=CCCCCCCCC)COC(=O)CCCCCCCC=CCCCCCCCC. The van der Waals surface area contributed by atoms with Crippen molar-refractivity contribution in [1.82, 2.24) is 0 Å². The fourth-order valence-electron chi connectivity index (χ4n) is 8.37. The van der Waals surface area contributed by atoms with Gasteiger partial charge in [-0.25, -0.2) is 0 Å². The zero-order chi connectivity index (χ0) is 48.1. The molecule has 0 atom stereocenters. The van der Waals surface area contributed by atoms with Crippen LogP contribution in [0.1, 0.15) is 304 Å². The van der Waals surface area contributed by atoms with Crippen molar-refractivity contribution in [2.45, 2.75) is 304 Å². The summed E-state index contributed by atoms with van der Waals surface area (Å²) in [6.07, 6.45) is 63.0. The Bertz CT molecular complexity index is 1000. The molecule has 0 aromatic heterocycles. The summed E-state index contributed by atoms with van der Waals surface area (Å²) in [6.45, 7) is 9.02. The fourth-order valence-corrected chi connectivity index (χ4v) is 8.37. The van der Waals surface area contributed by atoms with E-state index in [9.17, 15) is 14.4 Å². The number of ether oxygens (including phenoxy) is 3. The standard InChI is InChI=1S/C60H110O6/c1-5-9-12-15-18-21-24-27-30-33-36-39-42-45-48-51-57(61)64-54-60(8-4,55-65-58(62)52-49-46-43-40-37-34-31-28-25-22-19-16-13-10-6-2)56-66-59(63)53-50-47-44-41-38-35-32-29-26-23-20-17-14-11-7-3/h27-32H,5-26,33-56H2,1-4H3. The third-order valence-electron chi connectivity index (χ3n) is 13.3. The van der Waals surface area contributed by atoms with Crippen molar-refractivity contribution in [2.75, 3.05) is 19.8 Å². The second-order valence-corrected chi connectivity index (χ2v) is 19.8. The summed E-state index contributed by atoms with van der Waals surface area (Å²) in [6, 6.07) is 0. The van der Waals surface area contributed by atoms with Gasteiger partial charge in [0.25, 0.3) is 0 Å². The van der Waals surface area contributed by atoms with Crippen molar-refractivity contribution in [3.05, 3.63) is 36.5 Å². The Kier molecular flexibility index (Phi) is 50.1. The molecule has 0 spiro atoms. The molecule has 0 rings (SSSR count). The molecule has 386 valence electrons. The van der Waals surface area contributed by atoms with Gasteiger partial charge in [-0.1, -0.05) is 218 Å². The molecule has 6 nitrogen and oxygen atoms in total. The van der Waals surface area contributed by atoms with E-state index in [1.807, 2.05) is 6.92 Å². The van der Waals surface area contributed by atoms with Gasteiger partial charge in [0.05, 0.1) is 5.41 Å². The lowest BCUT2D eigenvalue weighted by Crippen LogP contribution is -2.39. The second-order valence-electron chi connectivity index (χ2n) is 19.8. The summed E-state index contributed by atoms with van der Waals surface area (Å²) >= 11 is 0. The third-order valence-corrected chi connectivity index (χ3v) is 13.3. The number of allylic oxidation sites excluding steroid dienone is 6. The van der Waals surface area contributed by atoms with Crippen LogP contribution in [0.15, 0.2) is 36.5 Å². The smallest absolute Gasteiger partial charge is 0.305 e. The van der Waals surface area contributed by atoms with E-state index < -0.39 is 5.41 Å². The van der Waals surface area contributed by atoms with Crippen LogP contribution in [-0.4, -0.2) is 37.7 Å². The first kappa shape index (κ1) is 63.6. The minimum atomic E-state index is -0.755. The van der Waals surface area contributed by atoms with E-state index >= 15 is 0 Å². The third kappa shape index (κ3) is 46.7. The summed E-state index contributed by atoms with van der Waals surface area (Å²) in [4.78, 5) is 38.7. The quantitative estimate of drug-likeness (QED) is 0.0262. The highest BCUT2D eigenvalue weighted by Crippen LogP contribution is 2.26. The van der Waals surface area contributed by atoms with Gasteiger partial charge in [0.15, 0.2) is 0 Å². The molecule has 0 N–H and O–H groups in total. The lowest BCUT2D eigenvalue weighted by molar-refractivity contribution is -0.162. The number of hydrogen-bond donors (Lipinski definition) is 0. The Hall–Kier alpha value is -2.37. The Labute approximate surface area is 410 Å².